The fourth-order valence-corrected chi connectivity index (χ4v) is 4.46. The van der Waals surface area contributed by atoms with Crippen molar-refractivity contribution in [2.45, 2.75) is 38.5 Å². The lowest BCUT2D eigenvalue weighted by Crippen LogP contribution is -2.52. The van der Waals surface area contributed by atoms with Crippen molar-refractivity contribution in [3.05, 3.63) is 18.4 Å². The Kier molecular flexibility index (Phi) is 2.06. The number of allylic oxidation sites excluding steroid dienone is 1. The minimum Gasteiger partial charge on any atom is -0.133 e. The molecule has 0 heterocycles. The minimum absolute atomic E-state index is 1.06. The van der Waals surface area contributed by atoms with E-state index < -0.39 is 0 Å². The smallest absolute Gasteiger partial charge is 0.0272 e. The number of fused-ring (bicyclic) bond motifs is 4. The average Bonchev–Trinajstić information content (AvgIpc) is 2.47. The number of rotatable bonds is 3. The van der Waals surface area contributed by atoms with Crippen molar-refractivity contribution >= 4 is 0 Å². The third kappa shape index (κ3) is 1.07. The molecule has 3 aliphatic carbocycles. The second kappa shape index (κ2) is 3.28. The van der Waals surface area contributed by atoms with Crippen LogP contribution in [-0.4, -0.2) is 0 Å². The lowest BCUT2D eigenvalue weighted by Gasteiger charge is -2.59. The van der Waals surface area contributed by atoms with Crippen LogP contribution in [0.2, 0.25) is 0 Å². The summed E-state index contributed by atoms with van der Waals surface area (Å²) >= 11 is 0. The Morgan fingerprint density at radius 2 is 1.79 bits per heavy atom. The monoisotopic (exact) mass is 188 g/mol. The quantitative estimate of drug-likeness (QED) is 0.591. The van der Waals surface area contributed by atoms with Crippen molar-refractivity contribution in [3.8, 4) is 0 Å². The molecular weight excluding hydrogens is 168 g/mol. The van der Waals surface area contributed by atoms with Gasteiger partial charge in [0.15, 0.2) is 0 Å². The van der Waals surface area contributed by atoms with Gasteiger partial charge in [-0.15, -0.1) is 5.73 Å². The molecule has 0 amide bonds. The Bertz CT molecular complexity index is 272. The van der Waals surface area contributed by atoms with Crippen LogP contribution >= 0.6 is 0 Å². The topological polar surface area (TPSA) is 0 Å². The second-order valence-electron chi connectivity index (χ2n) is 5.47. The first kappa shape index (κ1) is 8.80. The molecule has 5 atom stereocenters. The molecular formula is C14H20. The molecule has 3 rings (SSSR count). The summed E-state index contributed by atoms with van der Waals surface area (Å²) in [5.74, 6) is 5.71. The molecule has 0 nitrogen and oxygen atoms in total. The van der Waals surface area contributed by atoms with E-state index in [4.69, 9.17) is 0 Å². The van der Waals surface area contributed by atoms with Crippen LogP contribution < -0.4 is 0 Å². The Morgan fingerprint density at radius 3 is 2.43 bits per heavy atom. The molecule has 0 aromatic carbocycles. The number of hydrogen-bond donors (Lipinski definition) is 0. The fourth-order valence-electron chi connectivity index (χ4n) is 4.46. The molecule has 5 unspecified atom stereocenters. The summed E-state index contributed by atoms with van der Waals surface area (Å²) in [6.45, 7) is 3.63. The Balaban J connectivity index is 1.58. The van der Waals surface area contributed by atoms with Gasteiger partial charge in [0, 0.05) is 0 Å². The lowest BCUT2D eigenvalue weighted by molar-refractivity contribution is -0.100. The molecule has 3 saturated carbocycles. The summed E-state index contributed by atoms with van der Waals surface area (Å²) in [5.41, 5.74) is 2.89. The summed E-state index contributed by atoms with van der Waals surface area (Å²) in [5, 5.41) is 0. The highest BCUT2D eigenvalue weighted by Crippen LogP contribution is 2.66. The van der Waals surface area contributed by atoms with Crippen molar-refractivity contribution in [2.24, 2.45) is 29.6 Å². The first-order valence-electron chi connectivity index (χ1n) is 6.26. The van der Waals surface area contributed by atoms with E-state index in [2.05, 4.69) is 18.4 Å². The summed E-state index contributed by atoms with van der Waals surface area (Å²) in [4.78, 5) is 0. The first-order chi connectivity index (χ1) is 6.92. The molecule has 76 valence electrons. The standard InChI is InChI=1S/C14H20/c1-2-3-4-5-10-6-7-12-11-8-9-13(11)14(10)12/h3,10-14H,1,4-9H2. The highest BCUT2D eigenvalue weighted by atomic mass is 14.6. The fraction of sp³-hybridized carbons (Fsp3) is 0.786. The van der Waals surface area contributed by atoms with E-state index in [9.17, 15) is 0 Å². The van der Waals surface area contributed by atoms with Gasteiger partial charge in [-0.25, -0.2) is 0 Å². The van der Waals surface area contributed by atoms with E-state index in [0.717, 1.165) is 17.8 Å². The minimum atomic E-state index is 1.06. The predicted octanol–water partition coefficient (Wildman–Crippen LogP) is 3.79. The normalized spacial score (nSPS) is 48.1. The maximum Gasteiger partial charge on any atom is -0.0272 e. The summed E-state index contributed by atoms with van der Waals surface area (Å²) in [7, 11) is 0. The number of hydrogen-bond acceptors (Lipinski definition) is 0. The van der Waals surface area contributed by atoms with Gasteiger partial charge >= 0.3 is 0 Å². The zero-order valence-electron chi connectivity index (χ0n) is 8.91. The second-order valence-corrected chi connectivity index (χ2v) is 5.47. The van der Waals surface area contributed by atoms with Gasteiger partial charge in [0.1, 0.15) is 0 Å². The Morgan fingerprint density at radius 1 is 1.07 bits per heavy atom. The molecule has 0 spiro atoms. The first-order valence-corrected chi connectivity index (χ1v) is 6.26. The SMILES string of the molecule is C=C=CCCC1CCC2C3CCC3C12. The largest absolute Gasteiger partial charge is 0.133 e. The van der Waals surface area contributed by atoms with Gasteiger partial charge in [0.2, 0.25) is 0 Å². The molecule has 3 fully saturated rings. The van der Waals surface area contributed by atoms with Crippen LogP contribution in [0.1, 0.15) is 38.5 Å². The van der Waals surface area contributed by atoms with Crippen molar-refractivity contribution in [1.82, 2.24) is 0 Å². The highest BCUT2D eigenvalue weighted by molar-refractivity contribution is 5.08. The van der Waals surface area contributed by atoms with E-state index in [1.165, 1.54) is 31.1 Å². The van der Waals surface area contributed by atoms with Crippen LogP contribution in [-0.2, 0) is 0 Å². The van der Waals surface area contributed by atoms with Crippen LogP contribution in [0.15, 0.2) is 18.4 Å². The van der Waals surface area contributed by atoms with Crippen molar-refractivity contribution in [3.63, 3.8) is 0 Å². The van der Waals surface area contributed by atoms with Gasteiger partial charge in [-0.2, -0.15) is 0 Å². The van der Waals surface area contributed by atoms with E-state index in [0.29, 0.717) is 0 Å². The molecule has 0 heteroatoms. The van der Waals surface area contributed by atoms with Crippen LogP contribution in [0.5, 0.6) is 0 Å². The summed E-state index contributed by atoms with van der Waals surface area (Å²) in [6.07, 6.45) is 10.9. The Labute approximate surface area is 87.1 Å². The average molecular weight is 188 g/mol. The molecule has 0 bridgehead atoms. The molecule has 0 N–H and O–H groups in total. The van der Waals surface area contributed by atoms with E-state index in [-0.39, 0.29) is 0 Å². The van der Waals surface area contributed by atoms with Crippen molar-refractivity contribution in [2.75, 3.05) is 0 Å². The molecule has 0 aliphatic heterocycles. The maximum absolute atomic E-state index is 3.63. The van der Waals surface area contributed by atoms with Gasteiger partial charge in [-0.3, -0.25) is 0 Å². The Hall–Kier alpha value is -0.480. The summed E-state index contributed by atoms with van der Waals surface area (Å²) in [6, 6.07) is 0. The molecule has 0 aromatic heterocycles. The lowest BCUT2D eigenvalue weighted by atomic mass is 9.46. The van der Waals surface area contributed by atoms with Gasteiger partial charge < -0.3 is 0 Å². The van der Waals surface area contributed by atoms with Crippen LogP contribution in [0.4, 0.5) is 0 Å². The van der Waals surface area contributed by atoms with E-state index >= 15 is 0 Å². The highest BCUT2D eigenvalue weighted by Gasteiger charge is 2.59. The predicted molar refractivity (Wildman–Crippen MR) is 58.9 cm³/mol. The molecule has 14 heavy (non-hydrogen) atoms. The maximum atomic E-state index is 3.63. The van der Waals surface area contributed by atoms with Crippen LogP contribution in [0, 0.1) is 29.6 Å². The van der Waals surface area contributed by atoms with Crippen molar-refractivity contribution < 1.29 is 0 Å². The van der Waals surface area contributed by atoms with Crippen LogP contribution in [0.25, 0.3) is 0 Å². The summed E-state index contributed by atoms with van der Waals surface area (Å²) < 4.78 is 0. The van der Waals surface area contributed by atoms with Gasteiger partial charge in [-0.1, -0.05) is 6.58 Å². The van der Waals surface area contributed by atoms with Gasteiger partial charge in [0.25, 0.3) is 0 Å². The van der Waals surface area contributed by atoms with E-state index in [1.54, 1.807) is 19.3 Å². The molecule has 0 aromatic rings. The molecule has 0 saturated heterocycles. The van der Waals surface area contributed by atoms with Gasteiger partial charge in [0.05, 0.1) is 0 Å². The third-order valence-corrected chi connectivity index (χ3v) is 5.16. The van der Waals surface area contributed by atoms with Crippen molar-refractivity contribution in [1.29, 1.82) is 0 Å². The van der Waals surface area contributed by atoms with Gasteiger partial charge in [-0.05, 0) is 74.2 Å². The zero-order valence-corrected chi connectivity index (χ0v) is 8.91. The van der Waals surface area contributed by atoms with Crippen LogP contribution in [0.3, 0.4) is 0 Å². The zero-order chi connectivity index (χ0) is 9.54. The molecule has 0 radical (unpaired) electrons. The molecule has 3 aliphatic rings. The van der Waals surface area contributed by atoms with E-state index in [1.807, 2.05) is 0 Å². The third-order valence-electron chi connectivity index (χ3n) is 5.16.